The van der Waals surface area contributed by atoms with Gasteiger partial charge in [-0.3, -0.25) is 14.4 Å². The van der Waals surface area contributed by atoms with Crippen LogP contribution >= 0.6 is 39.3 Å². The lowest BCUT2D eigenvalue weighted by Gasteiger charge is -2.17. The first-order valence-electron chi connectivity index (χ1n) is 13.9. The summed E-state index contributed by atoms with van der Waals surface area (Å²) in [5.74, 6) is -1.06. The van der Waals surface area contributed by atoms with Gasteiger partial charge >= 0.3 is 0 Å². The molecule has 0 radical (unpaired) electrons. The van der Waals surface area contributed by atoms with Crippen molar-refractivity contribution in [3.63, 3.8) is 0 Å². The van der Waals surface area contributed by atoms with Crippen LogP contribution in [0.4, 0.5) is 11.4 Å². The van der Waals surface area contributed by atoms with Gasteiger partial charge in [0.15, 0.2) is 0 Å². The van der Waals surface area contributed by atoms with Gasteiger partial charge in [-0.15, -0.1) is 11.8 Å². The number of nitrogens with one attached hydrogen (secondary N) is 3. The molecule has 0 fully saturated rings. The van der Waals surface area contributed by atoms with Crippen LogP contribution in [-0.4, -0.2) is 17.7 Å². The Bertz CT molecular complexity index is 1800. The zero-order chi connectivity index (χ0) is 31.6. The Kier molecular flexibility index (Phi) is 10.9. The number of amides is 3. The quantitative estimate of drug-likeness (QED) is 0.101. The van der Waals surface area contributed by atoms with Crippen LogP contribution in [0.2, 0.25) is 5.02 Å². The molecule has 3 amide bonds. The van der Waals surface area contributed by atoms with E-state index in [0.29, 0.717) is 22.0 Å². The van der Waals surface area contributed by atoms with Crippen LogP contribution in [0.1, 0.15) is 26.7 Å². The molecular weight excluding hydrogens is 670 g/mol. The highest BCUT2D eigenvalue weighted by Gasteiger charge is 2.22. The van der Waals surface area contributed by atoms with E-state index >= 15 is 0 Å². The molecule has 0 saturated carbocycles. The van der Waals surface area contributed by atoms with Gasteiger partial charge in [0.05, 0.1) is 0 Å². The Hall–Kier alpha value is -4.63. The summed E-state index contributed by atoms with van der Waals surface area (Å²) in [4.78, 5) is 40.6. The van der Waals surface area contributed by atoms with Crippen LogP contribution < -0.4 is 16.0 Å². The molecule has 1 unspecified atom stereocenters. The lowest BCUT2D eigenvalue weighted by molar-refractivity contribution is -0.116. The maximum absolute atomic E-state index is 13.4. The monoisotopic (exact) mass is 695 g/mol. The topological polar surface area (TPSA) is 87.3 Å². The van der Waals surface area contributed by atoms with Gasteiger partial charge in [-0.2, -0.15) is 0 Å². The largest absolute Gasteiger partial charge is 0.325 e. The van der Waals surface area contributed by atoms with E-state index < -0.39 is 17.1 Å². The third kappa shape index (κ3) is 9.18. The highest BCUT2D eigenvalue weighted by Crippen LogP contribution is 2.37. The summed E-state index contributed by atoms with van der Waals surface area (Å²) in [6.07, 6.45) is 1.62. The van der Waals surface area contributed by atoms with E-state index in [1.54, 1.807) is 66.7 Å². The fourth-order valence-corrected chi connectivity index (χ4v) is 5.68. The molecule has 0 aliphatic carbocycles. The van der Waals surface area contributed by atoms with E-state index in [0.717, 1.165) is 20.5 Å². The highest BCUT2D eigenvalue weighted by atomic mass is 79.9. The third-order valence-electron chi connectivity index (χ3n) is 6.53. The van der Waals surface area contributed by atoms with Crippen molar-refractivity contribution in [2.24, 2.45) is 0 Å². The normalized spacial score (nSPS) is 11.7. The molecule has 0 heterocycles. The molecule has 5 aromatic rings. The van der Waals surface area contributed by atoms with E-state index in [1.807, 2.05) is 72.8 Å². The molecule has 3 N–H and O–H groups in total. The van der Waals surface area contributed by atoms with Gasteiger partial charge in [0.25, 0.3) is 11.8 Å². The van der Waals surface area contributed by atoms with Gasteiger partial charge in [0, 0.05) is 31.3 Å². The molecule has 5 rings (SSSR count). The number of anilines is 2. The summed E-state index contributed by atoms with van der Waals surface area (Å²) in [7, 11) is 0. The SMILES string of the molecule is O=C(Nc1ccc(SC(C(=O)Nc2ccc(Cl)cc2)c2ccccc2)cc1)/C(=C/c1ccc(Br)cc1)NC(=O)c1ccccc1. The summed E-state index contributed by atoms with van der Waals surface area (Å²) in [6.45, 7) is 0. The van der Waals surface area contributed by atoms with Crippen molar-refractivity contribution in [2.45, 2.75) is 10.1 Å². The molecule has 5 aromatic carbocycles. The van der Waals surface area contributed by atoms with Crippen molar-refractivity contribution in [1.29, 1.82) is 0 Å². The fraction of sp³-hybridized carbons (Fsp3) is 0.0278. The predicted octanol–water partition coefficient (Wildman–Crippen LogP) is 8.98. The molecule has 0 aromatic heterocycles. The minimum atomic E-state index is -0.532. The molecule has 1 atom stereocenters. The summed E-state index contributed by atoms with van der Waals surface area (Å²) < 4.78 is 0.897. The van der Waals surface area contributed by atoms with Crippen LogP contribution in [-0.2, 0) is 9.59 Å². The number of halogens is 2. The van der Waals surface area contributed by atoms with E-state index in [4.69, 9.17) is 11.6 Å². The second-order valence-corrected chi connectivity index (χ2v) is 12.3. The van der Waals surface area contributed by atoms with Crippen LogP contribution in [0.3, 0.4) is 0 Å². The Balaban J connectivity index is 1.32. The van der Waals surface area contributed by atoms with E-state index in [9.17, 15) is 14.4 Å². The maximum atomic E-state index is 13.4. The third-order valence-corrected chi connectivity index (χ3v) is 8.58. The van der Waals surface area contributed by atoms with Gasteiger partial charge in [0.2, 0.25) is 5.91 Å². The summed E-state index contributed by atoms with van der Waals surface area (Å²) in [6, 6.07) is 39.8. The van der Waals surface area contributed by atoms with Crippen molar-refractivity contribution in [2.75, 3.05) is 10.6 Å². The van der Waals surface area contributed by atoms with Crippen molar-refractivity contribution < 1.29 is 14.4 Å². The average Bonchev–Trinajstić information content (AvgIpc) is 3.06. The van der Waals surface area contributed by atoms with Crippen LogP contribution in [0.5, 0.6) is 0 Å². The predicted molar refractivity (Wildman–Crippen MR) is 186 cm³/mol. The zero-order valence-corrected chi connectivity index (χ0v) is 26.9. The van der Waals surface area contributed by atoms with E-state index in [-0.39, 0.29) is 11.6 Å². The standard InChI is InChI=1S/C36H27BrClN3O3S/c37-27-13-11-24(12-14-27)23-32(41-34(42)26-9-5-2-6-10-26)35(43)39-30-19-21-31(22-20-30)45-33(25-7-3-1-4-8-25)36(44)40-29-17-15-28(38)16-18-29/h1-23,33H,(H,39,43)(H,40,44)(H,41,42)/b32-23-. The van der Waals surface area contributed by atoms with Crippen LogP contribution in [0.25, 0.3) is 6.08 Å². The smallest absolute Gasteiger partial charge is 0.272 e. The Morgan fingerprint density at radius 3 is 1.91 bits per heavy atom. The van der Waals surface area contributed by atoms with E-state index in [2.05, 4.69) is 31.9 Å². The van der Waals surface area contributed by atoms with Crippen LogP contribution in [0.15, 0.2) is 149 Å². The minimum Gasteiger partial charge on any atom is -0.325 e. The summed E-state index contributed by atoms with van der Waals surface area (Å²) >= 11 is 10.8. The molecule has 6 nitrogen and oxygen atoms in total. The Labute approximate surface area is 279 Å². The molecule has 0 bridgehead atoms. The molecule has 0 spiro atoms. The Morgan fingerprint density at radius 2 is 1.27 bits per heavy atom. The second kappa shape index (κ2) is 15.4. The molecule has 0 aliphatic heterocycles. The van der Waals surface area contributed by atoms with Gasteiger partial charge < -0.3 is 16.0 Å². The van der Waals surface area contributed by atoms with Crippen molar-refractivity contribution in [1.82, 2.24) is 5.32 Å². The first kappa shape index (κ1) is 31.8. The first-order chi connectivity index (χ1) is 21.8. The number of thioether (sulfide) groups is 1. The number of carbonyl (C=O) groups is 3. The molecule has 0 saturated heterocycles. The highest BCUT2D eigenvalue weighted by molar-refractivity contribution is 9.10. The van der Waals surface area contributed by atoms with Gasteiger partial charge in [-0.05, 0) is 90.0 Å². The van der Waals surface area contributed by atoms with Gasteiger partial charge in [-0.1, -0.05) is 88.2 Å². The lowest BCUT2D eigenvalue weighted by atomic mass is 10.1. The number of rotatable bonds is 10. The van der Waals surface area contributed by atoms with Crippen molar-refractivity contribution >= 4 is 74.5 Å². The maximum Gasteiger partial charge on any atom is 0.272 e. The van der Waals surface area contributed by atoms with Crippen LogP contribution in [0, 0.1) is 0 Å². The number of hydrogen-bond donors (Lipinski definition) is 3. The Morgan fingerprint density at radius 1 is 0.689 bits per heavy atom. The van der Waals surface area contributed by atoms with E-state index in [1.165, 1.54) is 11.8 Å². The number of hydrogen-bond acceptors (Lipinski definition) is 4. The molecule has 45 heavy (non-hydrogen) atoms. The number of carbonyl (C=O) groups excluding carboxylic acids is 3. The van der Waals surface area contributed by atoms with Crippen molar-refractivity contribution in [3.05, 3.63) is 165 Å². The van der Waals surface area contributed by atoms with Gasteiger partial charge in [0.1, 0.15) is 10.9 Å². The van der Waals surface area contributed by atoms with Crippen molar-refractivity contribution in [3.8, 4) is 0 Å². The lowest BCUT2D eigenvalue weighted by Crippen LogP contribution is -2.30. The fourth-order valence-electron chi connectivity index (χ4n) is 4.26. The summed E-state index contributed by atoms with van der Waals surface area (Å²) in [5.41, 5.74) is 3.29. The minimum absolute atomic E-state index is 0.0904. The molecule has 9 heteroatoms. The molecular formula is C36H27BrClN3O3S. The zero-order valence-electron chi connectivity index (χ0n) is 23.7. The molecule has 0 aliphatic rings. The second-order valence-electron chi connectivity index (χ2n) is 9.81. The number of benzene rings is 5. The molecule has 224 valence electrons. The first-order valence-corrected chi connectivity index (χ1v) is 15.9. The average molecular weight is 697 g/mol. The summed E-state index contributed by atoms with van der Waals surface area (Å²) in [5, 5.41) is 8.65. The van der Waals surface area contributed by atoms with Gasteiger partial charge in [-0.25, -0.2) is 0 Å².